The third-order valence-electron chi connectivity index (χ3n) is 3.93. The van der Waals surface area contributed by atoms with Crippen LogP contribution < -0.4 is 10.2 Å². The van der Waals surface area contributed by atoms with Gasteiger partial charge in [0.25, 0.3) is 0 Å². The fourth-order valence-electron chi connectivity index (χ4n) is 2.49. The van der Waals surface area contributed by atoms with Gasteiger partial charge in [-0.05, 0) is 37.5 Å². The first-order chi connectivity index (χ1) is 10.0. The monoisotopic (exact) mass is 280 g/mol. The zero-order chi connectivity index (χ0) is 15.0. The van der Waals surface area contributed by atoms with Gasteiger partial charge >= 0.3 is 5.63 Å². The lowest BCUT2D eigenvalue weighted by Gasteiger charge is -2.07. The van der Waals surface area contributed by atoms with E-state index in [1.54, 1.807) is 6.07 Å². The molecule has 106 valence electrons. The second-order valence-corrected chi connectivity index (χ2v) is 5.52. The van der Waals surface area contributed by atoms with Crippen molar-refractivity contribution < 1.29 is 8.98 Å². The van der Waals surface area contributed by atoms with Gasteiger partial charge in [-0.15, -0.1) is 0 Å². The highest BCUT2D eigenvalue weighted by Crippen LogP contribution is 2.23. The number of pyridine rings is 1. The molecule has 0 spiro atoms. The summed E-state index contributed by atoms with van der Waals surface area (Å²) in [6, 6.07) is 9.81. The Morgan fingerprint density at radius 3 is 2.48 bits per heavy atom. The van der Waals surface area contributed by atoms with Gasteiger partial charge in [-0.25, -0.2) is 9.36 Å². The number of nitrogens with zero attached hydrogens (tertiary/aromatic N) is 1. The maximum Gasteiger partial charge on any atom is 0.336 e. The highest BCUT2D eigenvalue weighted by atomic mass is 16.4. The molecule has 0 fully saturated rings. The van der Waals surface area contributed by atoms with E-state index in [0.717, 1.165) is 22.1 Å². The van der Waals surface area contributed by atoms with Gasteiger partial charge in [-0.1, -0.05) is 12.1 Å². The van der Waals surface area contributed by atoms with Crippen molar-refractivity contribution in [1.82, 2.24) is 0 Å². The van der Waals surface area contributed by atoms with Crippen LogP contribution in [0.25, 0.3) is 11.0 Å². The van der Waals surface area contributed by atoms with Crippen LogP contribution in [0.15, 0.2) is 51.9 Å². The molecule has 3 rings (SSSR count). The molecule has 21 heavy (non-hydrogen) atoms. The van der Waals surface area contributed by atoms with Crippen LogP contribution in [0.2, 0.25) is 0 Å². The van der Waals surface area contributed by atoms with Crippen molar-refractivity contribution in [3.05, 3.63) is 75.4 Å². The molecule has 1 aromatic carbocycles. The van der Waals surface area contributed by atoms with Crippen LogP contribution in [0.4, 0.5) is 0 Å². The summed E-state index contributed by atoms with van der Waals surface area (Å²) in [6.07, 6.45) is 4.05. The number of benzene rings is 1. The van der Waals surface area contributed by atoms with Crippen molar-refractivity contribution in [3.8, 4) is 0 Å². The van der Waals surface area contributed by atoms with Crippen molar-refractivity contribution in [1.29, 1.82) is 0 Å². The Morgan fingerprint density at radius 1 is 1.05 bits per heavy atom. The molecule has 0 amide bonds. The van der Waals surface area contributed by atoms with E-state index in [9.17, 15) is 4.79 Å². The lowest BCUT2D eigenvalue weighted by Crippen LogP contribution is -2.33. The van der Waals surface area contributed by atoms with E-state index in [4.69, 9.17) is 4.42 Å². The summed E-state index contributed by atoms with van der Waals surface area (Å²) in [5, 5.41) is 1.01. The predicted octanol–water partition coefficient (Wildman–Crippen LogP) is 3.05. The van der Waals surface area contributed by atoms with Crippen molar-refractivity contribution in [3.63, 3.8) is 0 Å². The van der Waals surface area contributed by atoms with E-state index in [-0.39, 0.29) is 5.63 Å². The summed E-state index contributed by atoms with van der Waals surface area (Å²) < 4.78 is 7.47. The molecule has 0 saturated heterocycles. The van der Waals surface area contributed by atoms with Gasteiger partial charge < -0.3 is 4.42 Å². The zero-order valence-electron chi connectivity index (χ0n) is 12.5. The molecule has 0 bridgehead atoms. The molecular weight excluding hydrogens is 262 g/mol. The van der Waals surface area contributed by atoms with Crippen molar-refractivity contribution >= 4 is 11.0 Å². The molecule has 0 aliphatic carbocycles. The Bertz CT molecular complexity index is 861. The Labute approximate surface area is 123 Å². The number of hydrogen-bond donors (Lipinski definition) is 0. The third-order valence-corrected chi connectivity index (χ3v) is 3.93. The fraction of sp³-hybridized carbons (Fsp3) is 0.222. The maximum atomic E-state index is 11.8. The minimum Gasteiger partial charge on any atom is -0.422 e. The summed E-state index contributed by atoms with van der Waals surface area (Å²) in [6.45, 7) is 6.73. The highest BCUT2D eigenvalue weighted by Gasteiger charge is 2.12. The normalized spacial score (nSPS) is 11.0. The summed E-state index contributed by atoms with van der Waals surface area (Å²) >= 11 is 0. The number of rotatable bonds is 2. The maximum absolute atomic E-state index is 11.8. The summed E-state index contributed by atoms with van der Waals surface area (Å²) in [7, 11) is 0. The van der Waals surface area contributed by atoms with Crippen LogP contribution in [0.1, 0.15) is 22.3 Å². The van der Waals surface area contributed by atoms with E-state index in [2.05, 4.69) is 29.7 Å². The highest BCUT2D eigenvalue weighted by molar-refractivity contribution is 5.83. The van der Waals surface area contributed by atoms with Crippen molar-refractivity contribution in [2.24, 2.45) is 0 Å². The smallest absolute Gasteiger partial charge is 0.336 e. The second kappa shape index (κ2) is 5.17. The number of fused-ring (bicyclic) bond motifs is 1. The molecule has 0 aliphatic rings. The summed E-state index contributed by atoms with van der Waals surface area (Å²) in [4.78, 5) is 11.8. The first kappa shape index (κ1) is 13.6. The second-order valence-electron chi connectivity index (χ2n) is 5.52. The van der Waals surface area contributed by atoms with Gasteiger partial charge in [0.15, 0.2) is 18.9 Å². The predicted molar refractivity (Wildman–Crippen MR) is 82.4 cm³/mol. The fourth-order valence-corrected chi connectivity index (χ4v) is 2.49. The van der Waals surface area contributed by atoms with Crippen LogP contribution in [-0.4, -0.2) is 0 Å². The van der Waals surface area contributed by atoms with Gasteiger partial charge in [0, 0.05) is 29.1 Å². The standard InChI is InChI=1S/C18H18NO2/c1-12-6-8-19(9-7-12)11-15-10-17(20)21-18-14(3)13(2)4-5-16(15)18/h4-10H,11H2,1-3H3/q+1. The zero-order valence-corrected chi connectivity index (χ0v) is 12.5. The largest absolute Gasteiger partial charge is 0.422 e. The Morgan fingerprint density at radius 2 is 1.76 bits per heavy atom. The average molecular weight is 280 g/mol. The van der Waals surface area contributed by atoms with Gasteiger partial charge in [-0.3, -0.25) is 0 Å². The lowest BCUT2D eigenvalue weighted by molar-refractivity contribution is -0.688. The van der Waals surface area contributed by atoms with Crippen LogP contribution >= 0.6 is 0 Å². The number of aromatic nitrogens is 1. The van der Waals surface area contributed by atoms with Gasteiger partial charge in [0.05, 0.1) is 0 Å². The van der Waals surface area contributed by atoms with Crippen LogP contribution in [0, 0.1) is 20.8 Å². The van der Waals surface area contributed by atoms with Gasteiger partial charge in [0.1, 0.15) is 5.58 Å². The van der Waals surface area contributed by atoms with Crippen molar-refractivity contribution in [2.75, 3.05) is 0 Å². The molecule has 3 nitrogen and oxygen atoms in total. The molecular formula is C18H18NO2+. The summed E-state index contributed by atoms with van der Waals surface area (Å²) in [5.74, 6) is 0. The van der Waals surface area contributed by atoms with Crippen molar-refractivity contribution in [2.45, 2.75) is 27.3 Å². The minimum absolute atomic E-state index is 0.293. The molecule has 0 aliphatic heterocycles. The van der Waals surface area contributed by atoms with Crippen LogP contribution in [-0.2, 0) is 6.54 Å². The van der Waals surface area contributed by atoms with E-state index < -0.39 is 0 Å². The average Bonchev–Trinajstić information content (AvgIpc) is 2.46. The molecule has 0 atom stereocenters. The SMILES string of the molecule is Cc1cc[n+](Cc2cc(=O)oc3c(C)c(C)ccc23)cc1. The van der Waals surface area contributed by atoms with Crippen LogP contribution in [0.3, 0.4) is 0 Å². The topological polar surface area (TPSA) is 34.1 Å². The number of hydrogen-bond acceptors (Lipinski definition) is 2. The van der Waals surface area contributed by atoms with E-state index in [1.807, 2.05) is 32.3 Å². The molecule has 2 heterocycles. The van der Waals surface area contributed by atoms with E-state index >= 15 is 0 Å². The third kappa shape index (κ3) is 2.59. The molecule has 2 aromatic heterocycles. The Kier molecular flexibility index (Phi) is 3.34. The molecule has 3 heteroatoms. The van der Waals surface area contributed by atoms with Gasteiger partial charge in [0.2, 0.25) is 0 Å². The van der Waals surface area contributed by atoms with Gasteiger partial charge in [-0.2, -0.15) is 0 Å². The first-order valence-corrected chi connectivity index (χ1v) is 7.03. The quantitative estimate of drug-likeness (QED) is 0.534. The van der Waals surface area contributed by atoms with E-state index in [1.165, 1.54) is 5.56 Å². The first-order valence-electron chi connectivity index (χ1n) is 7.03. The molecule has 0 radical (unpaired) electrons. The molecule has 0 unspecified atom stereocenters. The molecule has 3 aromatic rings. The Balaban J connectivity index is 2.16. The minimum atomic E-state index is -0.293. The number of aryl methyl sites for hydroxylation is 3. The van der Waals surface area contributed by atoms with E-state index in [0.29, 0.717) is 12.1 Å². The Hall–Kier alpha value is -2.42. The molecule has 0 N–H and O–H groups in total. The summed E-state index contributed by atoms with van der Waals surface area (Å²) in [5.41, 5.74) is 4.77. The molecule has 0 saturated carbocycles. The van der Waals surface area contributed by atoms with Crippen LogP contribution in [0.5, 0.6) is 0 Å². The lowest BCUT2D eigenvalue weighted by atomic mass is 10.0.